The van der Waals surface area contributed by atoms with Crippen LogP contribution in [0.4, 0.5) is 0 Å². The third-order valence-electron chi connectivity index (χ3n) is 2.53. The number of allylic oxidation sites excluding steroid dienone is 1. The summed E-state index contributed by atoms with van der Waals surface area (Å²) < 4.78 is 0. The standard InChI is InChI=1S/C11H20O2/c1-4-7-10(2)11(3,13)8-5-6-9-12/h5-6,9-10,13H,4,7-8H2,1-3H3. The van der Waals surface area contributed by atoms with Crippen LogP contribution in [0.3, 0.4) is 0 Å². The van der Waals surface area contributed by atoms with E-state index in [1.54, 1.807) is 6.08 Å². The van der Waals surface area contributed by atoms with Gasteiger partial charge in [-0.2, -0.15) is 0 Å². The van der Waals surface area contributed by atoms with Crippen molar-refractivity contribution >= 4 is 6.29 Å². The molecule has 0 aromatic heterocycles. The van der Waals surface area contributed by atoms with Gasteiger partial charge in [-0.15, -0.1) is 0 Å². The topological polar surface area (TPSA) is 37.3 Å². The van der Waals surface area contributed by atoms with E-state index in [0.717, 1.165) is 19.1 Å². The maximum absolute atomic E-state index is 10.0. The molecular weight excluding hydrogens is 164 g/mol. The Bertz CT molecular complexity index is 171. The first kappa shape index (κ1) is 12.4. The monoisotopic (exact) mass is 184 g/mol. The Morgan fingerprint density at radius 3 is 2.62 bits per heavy atom. The lowest BCUT2D eigenvalue weighted by atomic mass is 9.84. The third-order valence-corrected chi connectivity index (χ3v) is 2.53. The van der Waals surface area contributed by atoms with Gasteiger partial charge in [0.1, 0.15) is 6.29 Å². The van der Waals surface area contributed by atoms with Gasteiger partial charge in [0.15, 0.2) is 0 Å². The number of carbonyl (C=O) groups is 1. The second kappa shape index (κ2) is 5.92. The molecular formula is C11H20O2. The summed E-state index contributed by atoms with van der Waals surface area (Å²) in [5.41, 5.74) is -0.685. The molecule has 0 aliphatic heterocycles. The average Bonchev–Trinajstić information content (AvgIpc) is 2.05. The highest BCUT2D eigenvalue weighted by Gasteiger charge is 2.25. The van der Waals surface area contributed by atoms with E-state index in [9.17, 15) is 9.90 Å². The molecule has 1 N–H and O–H groups in total. The van der Waals surface area contributed by atoms with Gasteiger partial charge in [-0.3, -0.25) is 4.79 Å². The fourth-order valence-corrected chi connectivity index (χ4v) is 1.31. The maximum Gasteiger partial charge on any atom is 0.142 e. The molecule has 0 amide bonds. The average molecular weight is 184 g/mol. The molecule has 0 bridgehead atoms. The molecule has 0 saturated carbocycles. The molecule has 0 aliphatic rings. The van der Waals surface area contributed by atoms with Gasteiger partial charge in [-0.05, 0) is 31.8 Å². The smallest absolute Gasteiger partial charge is 0.142 e. The van der Waals surface area contributed by atoms with Crippen LogP contribution in [0.15, 0.2) is 12.2 Å². The number of hydrogen-bond donors (Lipinski definition) is 1. The van der Waals surface area contributed by atoms with Crippen LogP contribution in [-0.4, -0.2) is 17.0 Å². The van der Waals surface area contributed by atoms with Gasteiger partial charge in [0.2, 0.25) is 0 Å². The Kier molecular flexibility index (Phi) is 5.63. The summed E-state index contributed by atoms with van der Waals surface area (Å²) in [4.78, 5) is 10.0. The van der Waals surface area contributed by atoms with Crippen molar-refractivity contribution in [1.82, 2.24) is 0 Å². The largest absolute Gasteiger partial charge is 0.390 e. The summed E-state index contributed by atoms with van der Waals surface area (Å²) in [6.45, 7) is 5.97. The second-order valence-corrected chi connectivity index (χ2v) is 3.82. The zero-order valence-electron chi connectivity index (χ0n) is 8.79. The fraction of sp³-hybridized carbons (Fsp3) is 0.727. The molecule has 0 saturated heterocycles. The van der Waals surface area contributed by atoms with Crippen LogP contribution in [0.1, 0.15) is 40.0 Å². The van der Waals surface area contributed by atoms with Gasteiger partial charge >= 0.3 is 0 Å². The Balaban J connectivity index is 4.04. The quantitative estimate of drug-likeness (QED) is 0.508. The van der Waals surface area contributed by atoms with Crippen molar-refractivity contribution in [3.05, 3.63) is 12.2 Å². The van der Waals surface area contributed by atoms with Crippen LogP contribution >= 0.6 is 0 Å². The predicted molar refractivity (Wildman–Crippen MR) is 54.5 cm³/mol. The maximum atomic E-state index is 10.0. The number of aliphatic hydroxyl groups is 1. The van der Waals surface area contributed by atoms with Gasteiger partial charge in [-0.1, -0.05) is 26.3 Å². The number of rotatable bonds is 6. The molecule has 0 heterocycles. The number of hydrogen-bond acceptors (Lipinski definition) is 2. The fourth-order valence-electron chi connectivity index (χ4n) is 1.31. The number of aldehydes is 1. The van der Waals surface area contributed by atoms with Gasteiger partial charge < -0.3 is 5.11 Å². The summed E-state index contributed by atoms with van der Waals surface area (Å²) in [6.07, 6.45) is 6.54. The Hall–Kier alpha value is -0.630. The van der Waals surface area contributed by atoms with Gasteiger partial charge in [0.25, 0.3) is 0 Å². The highest BCUT2D eigenvalue weighted by Crippen LogP contribution is 2.25. The highest BCUT2D eigenvalue weighted by molar-refractivity contribution is 5.64. The van der Waals surface area contributed by atoms with Crippen molar-refractivity contribution in [3.8, 4) is 0 Å². The van der Waals surface area contributed by atoms with E-state index in [-0.39, 0.29) is 5.92 Å². The molecule has 0 aromatic carbocycles. The van der Waals surface area contributed by atoms with Gasteiger partial charge in [0, 0.05) is 0 Å². The second-order valence-electron chi connectivity index (χ2n) is 3.82. The molecule has 0 aromatic rings. The van der Waals surface area contributed by atoms with Gasteiger partial charge in [0.05, 0.1) is 5.60 Å². The molecule has 13 heavy (non-hydrogen) atoms. The van der Waals surface area contributed by atoms with E-state index < -0.39 is 5.60 Å². The lowest BCUT2D eigenvalue weighted by Crippen LogP contribution is -2.31. The molecule has 0 spiro atoms. The van der Waals surface area contributed by atoms with Crippen molar-refractivity contribution in [1.29, 1.82) is 0 Å². The van der Waals surface area contributed by atoms with Crippen LogP contribution < -0.4 is 0 Å². The van der Waals surface area contributed by atoms with Crippen LogP contribution in [0, 0.1) is 5.92 Å². The van der Waals surface area contributed by atoms with Crippen LogP contribution in [0.5, 0.6) is 0 Å². The van der Waals surface area contributed by atoms with Crippen molar-refractivity contribution < 1.29 is 9.90 Å². The molecule has 76 valence electrons. The van der Waals surface area contributed by atoms with E-state index in [1.165, 1.54) is 6.08 Å². The molecule has 2 unspecified atom stereocenters. The molecule has 2 heteroatoms. The Labute approximate surface area is 80.7 Å². The molecule has 0 rings (SSSR count). The van der Waals surface area contributed by atoms with E-state index in [0.29, 0.717) is 6.42 Å². The summed E-state index contributed by atoms with van der Waals surface area (Å²) in [6, 6.07) is 0. The van der Waals surface area contributed by atoms with E-state index >= 15 is 0 Å². The van der Waals surface area contributed by atoms with Crippen molar-refractivity contribution in [3.63, 3.8) is 0 Å². The van der Waals surface area contributed by atoms with E-state index in [1.807, 2.05) is 13.8 Å². The molecule has 2 atom stereocenters. The minimum atomic E-state index is -0.685. The highest BCUT2D eigenvalue weighted by atomic mass is 16.3. The minimum absolute atomic E-state index is 0.272. The van der Waals surface area contributed by atoms with E-state index in [2.05, 4.69) is 6.92 Å². The van der Waals surface area contributed by atoms with E-state index in [4.69, 9.17) is 0 Å². The third kappa shape index (κ3) is 4.83. The molecule has 2 nitrogen and oxygen atoms in total. The van der Waals surface area contributed by atoms with Crippen LogP contribution in [0.2, 0.25) is 0 Å². The van der Waals surface area contributed by atoms with Crippen molar-refractivity contribution in [2.24, 2.45) is 5.92 Å². The minimum Gasteiger partial charge on any atom is -0.390 e. The normalized spacial score (nSPS) is 18.5. The zero-order chi connectivity index (χ0) is 10.3. The van der Waals surface area contributed by atoms with Crippen LogP contribution in [0.25, 0.3) is 0 Å². The summed E-state index contributed by atoms with van der Waals surface area (Å²) in [7, 11) is 0. The first-order valence-electron chi connectivity index (χ1n) is 4.87. The lowest BCUT2D eigenvalue weighted by molar-refractivity contribution is -0.104. The lowest BCUT2D eigenvalue weighted by Gasteiger charge is -2.29. The first-order valence-corrected chi connectivity index (χ1v) is 4.87. The summed E-state index contributed by atoms with van der Waals surface area (Å²) in [5, 5.41) is 9.97. The SMILES string of the molecule is CCCC(C)C(C)(O)CC=CC=O. The van der Waals surface area contributed by atoms with Crippen molar-refractivity contribution in [2.75, 3.05) is 0 Å². The first-order chi connectivity index (χ1) is 6.04. The van der Waals surface area contributed by atoms with Gasteiger partial charge in [-0.25, -0.2) is 0 Å². The Morgan fingerprint density at radius 1 is 1.54 bits per heavy atom. The summed E-state index contributed by atoms with van der Waals surface area (Å²) >= 11 is 0. The zero-order valence-corrected chi connectivity index (χ0v) is 8.79. The van der Waals surface area contributed by atoms with Crippen LogP contribution in [-0.2, 0) is 4.79 Å². The van der Waals surface area contributed by atoms with Crippen molar-refractivity contribution in [2.45, 2.75) is 45.6 Å². The number of carbonyl (C=O) groups excluding carboxylic acids is 1. The summed E-state index contributed by atoms with van der Waals surface area (Å²) in [5.74, 6) is 0.272. The molecule has 0 radical (unpaired) electrons. The Morgan fingerprint density at radius 2 is 2.15 bits per heavy atom. The predicted octanol–water partition coefficient (Wildman–Crippen LogP) is 2.32. The molecule has 0 fully saturated rings. The molecule has 0 aliphatic carbocycles.